The largest absolute Gasteiger partial charge is 0.481 e. The molecular weight excluding hydrogens is 176 g/mol. The monoisotopic (exact) mass is 185 g/mol. The molecule has 0 saturated carbocycles. The van der Waals surface area contributed by atoms with Crippen LogP contribution in [0.15, 0.2) is 36.4 Å². The lowest BCUT2D eigenvalue weighted by Gasteiger charge is -2.02. The highest BCUT2D eigenvalue weighted by molar-refractivity contribution is 5.88. The first-order valence-electron chi connectivity index (χ1n) is 4.37. The molecule has 2 rings (SSSR count). The molecule has 0 fully saturated rings. The van der Waals surface area contributed by atoms with Crippen molar-refractivity contribution in [2.24, 2.45) is 0 Å². The Hall–Kier alpha value is -1.83. The van der Waals surface area contributed by atoms with E-state index in [0.29, 0.717) is 0 Å². The van der Waals surface area contributed by atoms with E-state index >= 15 is 0 Å². The van der Waals surface area contributed by atoms with E-state index in [9.17, 15) is 4.79 Å². The summed E-state index contributed by atoms with van der Waals surface area (Å²) in [6.07, 6.45) is 0.0647. The molecule has 69 valence electrons. The fourth-order valence-corrected chi connectivity index (χ4v) is 1.54. The van der Waals surface area contributed by atoms with Crippen molar-refractivity contribution in [3.8, 4) is 0 Å². The van der Waals surface area contributed by atoms with Gasteiger partial charge >= 0.3 is 5.97 Å². The van der Waals surface area contributed by atoms with Gasteiger partial charge in [0.25, 0.3) is 0 Å². The second-order valence-electron chi connectivity index (χ2n) is 3.13. The Morgan fingerprint density at radius 3 is 3.00 bits per heavy atom. The molecule has 1 N–H and O–H groups in total. The molecule has 2 nitrogen and oxygen atoms in total. The highest BCUT2D eigenvalue weighted by Gasteiger charge is 2.03. The summed E-state index contributed by atoms with van der Waals surface area (Å²) in [6.45, 7) is 0. The van der Waals surface area contributed by atoms with Gasteiger partial charge in [-0.15, -0.1) is 0 Å². The molecule has 0 heterocycles. The highest BCUT2D eigenvalue weighted by Crippen LogP contribution is 2.18. The van der Waals surface area contributed by atoms with E-state index in [1.54, 1.807) is 0 Å². The molecule has 0 saturated heterocycles. The highest BCUT2D eigenvalue weighted by atomic mass is 16.4. The molecule has 1 radical (unpaired) electrons. The number of carboxylic acids is 1. The number of hydrogen-bond donors (Lipinski definition) is 1. The van der Waals surface area contributed by atoms with E-state index in [-0.39, 0.29) is 6.42 Å². The lowest BCUT2D eigenvalue weighted by molar-refractivity contribution is -0.136. The molecule has 0 unspecified atom stereocenters. The SMILES string of the molecule is O=C(O)Cc1cccc2cc[c]cc12. The number of fused-ring (bicyclic) bond motifs is 1. The predicted molar refractivity (Wildman–Crippen MR) is 54.1 cm³/mol. The van der Waals surface area contributed by atoms with Crippen molar-refractivity contribution in [3.63, 3.8) is 0 Å². The Labute approximate surface area is 81.8 Å². The van der Waals surface area contributed by atoms with Gasteiger partial charge in [0.2, 0.25) is 0 Å². The van der Waals surface area contributed by atoms with Crippen LogP contribution in [0, 0.1) is 6.07 Å². The van der Waals surface area contributed by atoms with Crippen molar-refractivity contribution in [2.45, 2.75) is 6.42 Å². The summed E-state index contributed by atoms with van der Waals surface area (Å²) < 4.78 is 0. The van der Waals surface area contributed by atoms with Crippen molar-refractivity contribution in [2.75, 3.05) is 0 Å². The fourth-order valence-electron chi connectivity index (χ4n) is 1.54. The Balaban J connectivity index is 2.59. The number of rotatable bonds is 2. The zero-order valence-corrected chi connectivity index (χ0v) is 7.53. The van der Waals surface area contributed by atoms with Gasteiger partial charge < -0.3 is 5.11 Å². The molecule has 0 spiro atoms. The van der Waals surface area contributed by atoms with Crippen LogP contribution in [-0.4, -0.2) is 11.1 Å². The smallest absolute Gasteiger partial charge is 0.307 e. The van der Waals surface area contributed by atoms with Gasteiger partial charge in [0.1, 0.15) is 0 Å². The first kappa shape index (κ1) is 8.75. The maximum Gasteiger partial charge on any atom is 0.307 e. The summed E-state index contributed by atoms with van der Waals surface area (Å²) in [5.41, 5.74) is 0.840. The van der Waals surface area contributed by atoms with E-state index in [1.165, 1.54) is 0 Å². The second kappa shape index (κ2) is 3.50. The average molecular weight is 185 g/mol. The summed E-state index contributed by atoms with van der Waals surface area (Å²) in [5.74, 6) is -0.804. The summed E-state index contributed by atoms with van der Waals surface area (Å²) in [6, 6.07) is 14.2. The molecule has 0 amide bonds. The Morgan fingerprint density at radius 2 is 2.21 bits per heavy atom. The minimum Gasteiger partial charge on any atom is -0.481 e. The maximum absolute atomic E-state index is 10.6. The Kier molecular flexibility index (Phi) is 2.19. The molecule has 2 aromatic carbocycles. The molecule has 2 heteroatoms. The van der Waals surface area contributed by atoms with E-state index < -0.39 is 5.97 Å². The Bertz CT molecular complexity index is 469. The molecule has 0 aliphatic heterocycles. The van der Waals surface area contributed by atoms with Crippen LogP contribution in [0.5, 0.6) is 0 Å². The van der Waals surface area contributed by atoms with Crippen LogP contribution in [0.4, 0.5) is 0 Å². The standard InChI is InChI=1S/C12H9O2/c13-12(14)8-10-6-3-5-9-4-1-2-7-11(9)10/h1,3-7H,8H2,(H,13,14). The quantitative estimate of drug-likeness (QED) is 0.779. The van der Waals surface area contributed by atoms with Gasteiger partial charge in [0.05, 0.1) is 6.42 Å². The van der Waals surface area contributed by atoms with Crippen LogP contribution < -0.4 is 0 Å². The fraction of sp³-hybridized carbons (Fsp3) is 0.0833. The van der Waals surface area contributed by atoms with E-state index in [0.717, 1.165) is 16.3 Å². The van der Waals surface area contributed by atoms with Crippen LogP contribution in [0.1, 0.15) is 5.56 Å². The molecule has 0 aliphatic rings. The molecule has 0 aliphatic carbocycles. The molecule has 0 atom stereocenters. The van der Waals surface area contributed by atoms with E-state index in [2.05, 4.69) is 6.07 Å². The number of benzene rings is 2. The number of hydrogen-bond acceptors (Lipinski definition) is 1. The summed E-state index contributed by atoms with van der Waals surface area (Å²) in [5, 5.41) is 10.7. The molecule has 0 aromatic heterocycles. The third-order valence-corrected chi connectivity index (χ3v) is 2.16. The first-order chi connectivity index (χ1) is 6.77. The topological polar surface area (TPSA) is 37.3 Å². The maximum atomic E-state index is 10.6. The summed E-state index contributed by atoms with van der Waals surface area (Å²) in [7, 11) is 0. The van der Waals surface area contributed by atoms with Crippen LogP contribution in [0.3, 0.4) is 0 Å². The lowest BCUT2D eigenvalue weighted by Crippen LogP contribution is -2.00. The van der Waals surface area contributed by atoms with Crippen LogP contribution >= 0.6 is 0 Å². The van der Waals surface area contributed by atoms with Crippen molar-refractivity contribution < 1.29 is 9.90 Å². The summed E-state index contributed by atoms with van der Waals surface area (Å²) in [4.78, 5) is 10.6. The van der Waals surface area contributed by atoms with E-state index in [1.807, 2.05) is 36.4 Å². The molecule has 14 heavy (non-hydrogen) atoms. The van der Waals surface area contributed by atoms with Gasteiger partial charge in [-0.05, 0) is 28.5 Å². The molecular formula is C12H9O2. The van der Waals surface area contributed by atoms with Gasteiger partial charge in [0, 0.05) is 0 Å². The summed E-state index contributed by atoms with van der Waals surface area (Å²) >= 11 is 0. The second-order valence-corrected chi connectivity index (χ2v) is 3.13. The van der Waals surface area contributed by atoms with Gasteiger partial charge in [-0.3, -0.25) is 4.79 Å². The van der Waals surface area contributed by atoms with Gasteiger partial charge in [0.15, 0.2) is 0 Å². The van der Waals surface area contributed by atoms with Gasteiger partial charge in [-0.25, -0.2) is 0 Å². The zero-order valence-electron chi connectivity index (χ0n) is 7.53. The van der Waals surface area contributed by atoms with Crippen LogP contribution in [-0.2, 0) is 11.2 Å². The van der Waals surface area contributed by atoms with Crippen molar-refractivity contribution in [3.05, 3.63) is 48.0 Å². The zero-order chi connectivity index (χ0) is 9.97. The van der Waals surface area contributed by atoms with Crippen LogP contribution in [0.2, 0.25) is 0 Å². The van der Waals surface area contributed by atoms with Crippen molar-refractivity contribution in [1.82, 2.24) is 0 Å². The first-order valence-corrected chi connectivity index (χ1v) is 4.37. The number of aliphatic carboxylic acids is 1. The minimum atomic E-state index is -0.804. The number of carbonyl (C=O) groups is 1. The van der Waals surface area contributed by atoms with E-state index in [4.69, 9.17) is 5.11 Å². The average Bonchev–Trinajstić information content (AvgIpc) is 2.18. The normalized spacial score (nSPS) is 10.3. The Morgan fingerprint density at radius 1 is 1.36 bits per heavy atom. The predicted octanol–water partition coefficient (Wildman–Crippen LogP) is 2.27. The third kappa shape index (κ3) is 1.59. The van der Waals surface area contributed by atoms with Crippen LogP contribution in [0.25, 0.3) is 10.8 Å². The van der Waals surface area contributed by atoms with Crippen molar-refractivity contribution >= 4 is 16.7 Å². The van der Waals surface area contributed by atoms with Gasteiger partial charge in [-0.2, -0.15) is 0 Å². The lowest BCUT2D eigenvalue weighted by atomic mass is 10.0. The van der Waals surface area contributed by atoms with Gasteiger partial charge in [-0.1, -0.05) is 30.3 Å². The third-order valence-electron chi connectivity index (χ3n) is 2.16. The van der Waals surface area contributed by atoms with Crippen molar-refractivity contribution in [1.29, 1.82) is 0 Å². The molecule has 0 bridgehead atoms. The number of carboxylic acid groups (broad SMARTS) is 1. The minimum absolute atomic E-state index is 0.0647. The molecule has 2 aromatic rings.